The van der Waals surface area contributed by atoms with Crippen molar-refractivity contribution >= 4 is 28.2 Å². The molecule has 0 rings (SSSR count). The minimum Gasteiger partial charge on any atom is -0.352 e. The maximum atomic E-state index is 11.8. The van der Waals surface area contributed by atoms with Crippen LogP contribution >= 0.6 is 12.4 Å². The summed E-state index contributed by atoms with van der Waals surface area (Å²) in [7, 11) is -3.07. The van der Waals surface area contributed by atoms with Crippen LogP contribution in [-0.2, 0) is 14.6 Å². The van der Waals surface area contributed by atoms with Crippen molar-refractivity contribution < 1.29 is 13.2 Å². The van der Waals surface area contributed by atoms with E-state index >= 15 is 0 Å². The second kappa shape index (κ2) is 8.85. The van der Waals surface area contributed by atoms with Gasteiger partial charge in [0.1, 0.15) is 9.84 Å². The molecule has 0 aliphatic carbocycles. The van der Waals surface area contributed by atoms with Gasteiger partial charge >= 0.3 is 0 Å². The smallest absolute Gasteiger partial charge is 0.237 e. The number of amides is 1. The molecule has 0 bridgehead atoms. The number of rotatable bonds is 7. The highest BCUT2D eigenvalue weighted by Crippen LogP contribution is 2.21. The van der Waals surface area contributed by atoms with Crippen molar-refractivity contribution in [3.63, 3.8) is 0 Å². The standard InChI is InChI=1S/C13H28N2O3S.ClH/c1-10(6-8-13(2,3)4)15-12(16)11(14)7-9-19(5,17)18;/h10-11H,6-9,14H2,1-5H3,(H,15,16);1H. The maximum Gasteiger partial charge on any atom is 0.237 e. The van der Waals surface area contributed by atoms with Crippen LogP contribution in [0.1, 0.15) is 47.0 Å². The predicted octanol–water partition coefficient (Wildman–Crippen LogP) is 1.50. The van der Waals surface area contributed by atoms with Crippen molar-refractivity contribution in [1.82, 2.24) is 5.32 Å². The molecule has 20 heavy (non-hydrogen) atoms. The number of nitrogens with one attached hydrogen (secondary N) is 1. The van der Waals surface area contributed by atoms with Gasteiger partial charge in [0, 0.05) is 12.3 Å². The third-order valence-electron chi connectivity index (χ3n) is 2.85. The van der Waals surface area contributed by atoms with Crippen LogP contribution in [-0.4, -0.2) is 38.4 Å². The van der Waals surface area contributed by atoms with Gasteiger partial charge in [0.15, 0.2) is 0 Å². The molecule has 7 heteroatoms. The van der Waals surface area contributed by atoms with Gasteiger partial charge in [-0.3, -0.25) is 4.79 Å². The van der Waals surface area contributed by atoms with E-state index in [1.165, 1.54) is 0 Å². The zero-order valence-corrected chi connectivity index (χ0v) is 14.7. The van der Waals surface area contributed by atoms with Crippen molar-refractivity contribution in [2.24, 2.45) is 11.1 Å². The molecule has 0 aliphatic rings. The Morgan fingerprint density at radius 3 is 2.15 bits per heavy atom. The SMILES string of the molecule is CC(CCC(C)(C)C)NC(=O)C(N)CCS(C)(=O)=O.Cl. The fourth-order valence-electron chi connectivity index (χ4n) is 1.54. The Hall–Kier alpha value is -0.330. The zero-order chi connectivity index (χ0) is 15.3. The summed E-state index contributed by atoms with van der Waals surface area (Å²) in [5.41, 5.74) is 5.91. The van der Waals surface area contributed by atoms with Gasteiger partial charge in [-0.15, -0.1) is 12.4 Å². The second-order valence-corrected chi connectivity index (χ2v) is 8.79. The van der Waals surface area contributed by atoms with Gasteiger partial charge in [-0.1, -0.05) is 20.8 Å². The normalized spacial score (nSPS) is 15.1. The molecular weight excluding hydrogens is 300 g/mol. The Labute approximate surface area is 129 Å². The molecule has 0 aromatic carbocycles. The topological polar surface area (TPSA) is 89.3 Å². The number of hydrogen-bond donors (Lipinski definition) is 2. The predicted molar refractivity (Wildman–Crippen MR) is 85.8 cm³/mol. The van der Waals surface area contributed by atoms with Crippen LogP contribution in [0.3, 0.4) is 0 Å². The number of nitrogens with two attached hydrogens (primary N) is 1. The molecule has 1 amide bonds. The van der Waals surface area contributed by atoms with E-state index in [0.717, 1.165) is 19.1 Å². The lowest BCUT2D eigenvalue weighted by molar-refractivity contribution is -0.123. The first kappa shape index (κ1) is 22.0. The summed E-state index contributed by atoms with van der Waals surface area (Å²) in [5.74, 6) is -0.331. The van der Waals surface area contributed by atoms with Crippen molar-refractivity contribution in [1.29, 1.82) is 0 Å². The van der Waals surface area contributed by atoms with Gasteiger partial charge in [-0.2, -0.15) is 0 Å². The molecule has 0 saturated heterocycles. The third kappa shape index (κ3) is 12.7. The molecule has 5 nitrogen and oxygen atoms in total. The van der Waals surface area contributed by atoms with Gasteiger partial charge in [0.05, 0.1) is 11.8 Å². The Bertz CT molecular complexity index is 391. The van der Waals surface area contributed by atoms with E-state index in [9.17, 15) is 13.2 Å². The van der Waals surface area contributed by atoms with Crippen LogP contribution < -0.4 is 11.1 Å². The first-order chi connectivity index (χ1) is 8.41. The monoisotopic (exact) mass is 328 g/mol. The van der Waals surface area contributed by atoms with Crippen LogP contribution in [0.5, 0.6) is 0 Å². The van der Waals surface area contributed by atoms with Crippen LogP contribution in [0.2, 0.25) is 0 Å². The van der Waals surface area contributed by atoms with E-state index in [0.29, 0.717) is 0 Å². The first-order valence-electron chi connectivity index (χ1n) is 6.64. The van der Waals surface area contributed by atoms with Gasteiger partial charge < -0.3 is 11.1 Å². The Morgan fingerprint density at radius 2 is 1.75 bits per heavy atom. The van der Waals surface area contributed by atoms with E-state index in [1.54, 1.807) is 0 Å². The molecule has 2 atom stereocenters. The van der Waals surface area contributed by atoms with Gasteiger partial charge in [0.2, 0.25) is 5.91 Å². The van der Waals surface area contributed by atoms with Crippen molar-refractivity contribution in [3.8, 4) is 0 Å². The fourth-order valence-corrected chi connectivity index (χ4v) is 2.23. The lowest BCUT2D eigenvalue weighted by atomic mass is 9.89. The van der Waals surface area contributed by atoms with E-state index in [1.807, 2.05) is 6.92 Å². The summed E-state index contributed by atoms with van der Waals surface area (Å²) in [6.07, 6.45) is 3.20. The summed E-state index contributed by atoms with van der Waals surface area (Å²) in [4.78, 5) is 11.8. The lowest BCUT2D eigenvalue weighted by Gasteiger charge is -2.22. The highest BCUT2D eigenvalue weighted by atomic mass is 35.5. The fraction of sp³-hybridized carbons (Fsp3) is 0.923. The summed E-state index contributed by atoms with van der Waals surface area (Å²) < 4.78 is 22.0. The van der Waals surface area contributed by atoms with E-state index in [2.05, 4.69) is 26.1 Å². The van der Waals surface area contributed by atoms with Gasteiger partial charge in [-0.25, -0.2) is 8.42 Å². The van der Waals surface area contributed by atoms with Crippen LogP contribution in [0.15, 0.2) is 0 Å². The number of carbonyl (C=O) groups is 1. The van der Waals surface area contributed by atoms with Crippen LogP contribution in [0, 0.1) is 5.41 Å². The minimum atomic E-state index is -3.07. The first-order valence-corrected chi connectivity index (χ1v) is 8.70. The van der Waals surface area contributed by atoms with Crippen LogP contribution in [0.25, 0.3) is 0 Å². The van der Waals surface area contributed by atoms with Gasteiger partial charge in [0.25, 0.3) is 0 Å². The summed E-state index contributed by atoms with van der Waals surface area (Å²) >= 11 is 0. The molecule has 2 unspecified atom stereocenters. The molecule has 0 aromatic rings. The Morgan fingerprint density at radius 1 is 1.25 bits per heavy atom. The average molecular weight is 329 g/mol. The van der Waals surface area contributed by atoms with Crippen molar-refractivity contribution in [3.05, 3.63) is 0 Å². The zero-order valence-electron chi connectivity index (χ0n) is 13.1. The number of carbonyl (C=O) groups excluding carboxylic acids is 1. The van der Waals surface area contributed by atoms with E-state index in [4.69, 9.17) is 5.73 Å². The maximum absolute atomic E-state index is 11.8. The summed E-state index contributed by atoms with van der Waals surface area (Å²) in [5, 5.41) is 2.83. The third-order valence-corrected chi connectivity index (χ3v) is 3.83. The molecule has 0 heterocycles. The largest absolute Gasteiger partial charge is 0.352 e. The van der Waals surface area contributed by atoms with E-state index in [-0.39, 0.29) is 41.9 Å². The highest BCUT2D eigenvalue weighted by Gasteiger charge is 2.19. The molecule has 3 N–H and O–H groups in total. The number of halogens is 1. The van der Waals surface area contributed by atoms with Crippen molar-refractivity contribution in [2.75, 3.05) is 12.0 Å². The molecule has 0 fully saturated rings. The molecule has 0 radical (unpaired) electrons. The Balaban J connectivity index is 0. The molecule has 0 aromatic heterocycles. The second-order valence-electron chi connectivity index (χ2n) is 6.53. The molecule has 0 saturated carbocycles. The minimum absolute atomic E-state index is 0. The quantitative estimate of drug-likeness (QED) is 0.741. The van der Waals surface area contributed by atoms with Crippen molar-refractivity contribution in [2.45, 2.75) is 59.0 Å². The number of hydrogen-bond acceptors (Lipinski definition) is 4. The highest BCUT2D eigenvalue weighted by molar-refractivity contribution is 7.90. The number of sulfone groups is 1. The molecule has 0 spiro atoms. The molecular formula is C13H29ClN2O3S. The summed E-state index contributed by atoms with van der Waals surface area (Å²) in [6, 6.07) is -0.706. The summed E-state index contributed by atoms with van der Waals surface area (Å²) in [6.45, 7) is 8.39. The van der Waals surface area contributed by atoms with Gasteiger partial charge in [-0.05, 0) is 31.6 Å². The van der Waals surface area contributed by atoms with E-state index < -0.39 is 15.9 Å². The average Bonchev–Trinajstić information content (AvgIpc) is 2.21. The molecule has 122 valence electrons. The lowest BCUT2D eigenvalue weighted by Crippen LogP contribution is -2.45. The van der Waals surface area contributed by atoms with Crippen LogP contribution in [0.4, 0.5) is 0 Å². The Kier molecular flexibility index (Phi) is 9.71. The molecule has 0 aliphatic heterocycles.